The van der Waals surface area contributed by atoms with E-state index in [-0.39, 0.29) is 12.6 Å². The van der Waals surface area contributed by atoms with E-state index in [1.54, 1.807) is 0 Å². The monoisotopic (exact) mass is 244 g/mol. The molecule has 1 aromatic rings. The Morgan fingerprint density at radius 3 is 2.78 bits per heavy atom. The third-order valence-corrected chi connectivity index (χ3v) is 3.81. The second kappa shape index (κ2) is 6.53. The van der Waals surface area contributed by atoms with E-state index in [2.05, 4.69) is 23.5 Å². The molecule has 3 nitrogen and oxygen atoms in total. The Morgan fingerprint density at radius 1 is 1.33 bits per heavy atom. The van der Waals surface area contributed by atoms with E-state index in [4.69, 9.17) is 5.26 Å². The van der Waals surface area contributed by atoms with E-state index in [0.717, 1.165) is 24.8 Å². The van der Waals surface area contributed by atoms with E-state index < -0.39 is 0 Å². The van der Waals surface area contributed by atoms with E-state index in [1.807, 2.05) is 18.2 Å². The molecule has 2 N–H and O–H groups in total. The maximum Gasteiger partial charge on any atom is 0.0641 e. The molecule has 0 amide bonds. The lowest BCUT2D eigenvalue weighted by molar-refractivity contribution is 0.199. The van der Waals surface area contributed by atoms with Crippen LogP contribution in [0, 0.1) is 17.2 Å². The summed E-state index contributed by atoms with van der Waals surface area (Å²) in [6.07, 6.45) is 3.82. The topological polar surface area (TPSA) is 56.0 Å². The molecule has 1 aliphatic rings. The van der Waals surface area contributed by atoms with Gasteiger partial charge in [-0.25, -0.2) is 0 Å². The second-order valence-electron chi connectivity index (χ2n) is 4.97. The highest BCUT2D eigenvalue weighted by Crippen LogP contribution is 2.28. The van der Waals surface area contributed by atoms with Gasteiger partial charge in [0, 0.05) is 18.7 Å². The van der Waals surface area contributed by atoms with Crippen LogP contribution in [-0.4, -0.2) is 17.8 Å². The average molecular weight is 244 g/mol. The van der Waals surface area contributed by atoms with Crippen LogP contribution in [0.1, 0.15) is 37.3 Å². The van der Waals surface area contributed by atoms with Crippen LogP contribution in [-0.2, 0) is 0 Å². The van der Waals surface area contributed by atoms with Crippen LogP contribution in [0.3, 0.4) is 0 Å². The first-order chi connectivity index (χ1) is 8.85. The first-order valence-electron chi connectivity index (χ1n) is 6.64. The number of nitrogens with one attached hydrogen (secondary N) is 1. The lowest BCUT2D eigenvalue weighted by Crippen LogP contribution is -2.36. The van der Waals surface area contributed by atoms with Crippen molar-refractivity contribution in [2.24, 2.45) is 5.92 Å². The van der Waals surface area contributed by atoms with Crippen molar-refractivity contribution in [2.75, 3.05) is 6.61 Å². The van der Waals surface area contributed by atoms with Gasteiger partial charge >= 0.3 is 0 Å². The largest absolute Gasteiger partial charge is 0.396 e. The summed E-state index contributed by atoms with van der Waals surface area (Å²) in [7, 11) is 0. The van der Waals surface area contributed by atoms with Crippen molar-refractivity contribution >= 4 is 0 Å². The van der Waals surface area contributed by atoms with Crippen molar-refractivity contribution in [3.8, 4) is 6.07 Å². The van der Waals surface area contributed by atoms with E-state index >= 15 is 0 Å². The van der Waals surface area contributed by atoms with Gasteiger partial charge in [0.05, 0.1) is 12.5 Å². The Labute approximate surface area is 108 Å². The number of rotatable bonds is 5. The molecule has 3 heteroatoms. The molecular formula is C15H20N2O. The van der Waals surface area contributed by atoms with Crippen LogP contribution < -0.4 is 5.32 Å². The number of aliphatic hydroxyl groups excluding tert-OH is 1. The van der Waals surface area contributed by atoms with Crippen LogP contribution in [0.15, 0.2) is 30.3 Å². The standard InChI is InChI=1S/C15H20N2O/c16-10-9-15(12-5-2-1-3-6-12)17-14-8-4-7-13(14)11-18/h1-3,5-6,13-15,17-18H,4,7-9,11H2. The summed E-state index contributed by atoms with van der Waals surface area (Å²) in [4.78, 5) is 0. The molecule has 0 radical (unpaired) electrons. The molecule has 3 unspecified atom stereocenters. The zero-order chi connectivity index (χ0) is 12.8. The maximum absolute atomic E-state index is 9.34. The smallest absolute Gasteiger partial charge is 0.0641 e. The number of nitrogens with zero attached hydrogens (tertiary/aromatic N) is 1. The number of aliphatic hydroxyl groups is 1. The van der Waals surface area contributed by atoms with Crippen LogP contribution >= 0.6 is 0 Å². The molecule has 1 aromatic carbocycles. The highest BCUT2D eigenvalue weighted by Gasteiger charge is 2.28. The fourth-order valence-corrected chi connectivity index (χ4v) is 2.78. The first kappa shape index (κ1) is 13.1. The normalized spacial score (nSPS) is 24.7. The number of benzene rings is 1. The SMILES string of the molecule is N#CCC(NC1CCCC1CO)c1ccccc1. The predicted molar refractivity (Wildman–Crippen MR) is 70.8 cm³/mol. The van der Waals surface area contributed by atoms with Gasteiger partial charge in [-0.15, -0.1) is 0 Å². The number of hydrogen-bond acceptors (Lipinski definition) is 3. The van der Waals surface area contributed by atoms with Crippen LogP contribution in [0.5, 0.6) is 0 Å². The van der Waals surface area contributed by atoms with Crippen molar-refractivity contribution < 1.29 is 5.11 Å². The van der Waals surface area contributed by atoms with Gasteiger partial charge in [-0.3, -0.25) is 0 Å². The molecule has 0 saturated heterocycles. The van der Waals surface area contributed by atoms with Crippen molar-refractivity contribution in [1.29, 1.82) is 5.26 Å². The Morgan fingerprint density at radius 2 is 2.11 bits per heavy atom. The van der Waals surface area contributed by atoms with Crippen molar-refractivity contribution in [1.82, 2.24) is 5.32 Å². The molecule has 0 heterocycles. The summed E-state index contributed by atoms with van der Waals surface area (Å²) >= 11 is 0. The van der Waals surface area contributed by atoms with Gasteiger partial charge in [-0.05, 0) is 24.3 Å². The van der Waals surface area contributed by atoms with E-state index in [1.165, 1.54) is 0 Å². The van der Waals surface area contributed by atoms with Crippen molar-refractivity contribution in [3.63, 3.8) is 0 Å². The lowest BCUT2D eigenvalue weighted by atomic mass is 9.99. The molecule has 0 aromatic heterocycles. The predicted octanol–water partition coefficient (Wildman–Crippen LogP) is 2.39. The van der Waals surface area contributed by atoms with E-state index in [0.29, 0.717) is 18.4 Å². The van der Waals surface area contributed by atoms with Gasteiger partial charge in [-0.2, -0.15) is 5.26 Å². The van der Waals surface area contributed by atoms with E-state index in [9.17, 15) is 5.11 Å². The lowest BCUT2D eigenvalue weighted by Gasteiger charge is -2.25. The number of hydrogen-bond donors (Lipinski definition) is 2. The molecule has 1 saturated carbocycles. The zero-order valence-corrected chi connectivity index (χ0v) is 10.5. The Hall–Kier alpha value is -1.37. The summed E-state index contributed by atoms with van der Waals surface area (Å²) in [5.74, 6) is 0.343. The maximum atomic E-state index is 9.34. The molecule has 18 heavy (non-hydrogen) atoms. The minimum Gasteiger partial charge on any atom is -0.396 e. The molecular weight excluding hydrogens is 224 g/mol. The average Bonchev–Trinajstić information content (AvgIpc) is 2.86. The van der Waals surface area contributed by atoms with Crippen LogP contribution in [0.4, 0.5) is 0 Å². The fraction of sp³-hybridized carbons (Fsp3) is 0.533. The summed E-state index contributed by atoms with van der Waals surface area (Å²) in [6, 6.07) is 12.8. The Balaban J connectivity index is 2.05. The number of nitriles is 1. The summed E-state index contributed by atoms with van der Waals surface area (Å²) in [5, 5.41) is 21.9. The molecule has 2 rings (SSSR count). The third kappa shape index (κ3) is 3.10. The van der Waals surface area contributed by atoms with Gasteiger partial charge in [0.1, 0.15) is 0 Å². The summed E-state index contributed by atoms with van der Waals surface area (Å²) in [6.45, 7) is 0.242. The molecule has 1 fully saturated rings. The molecule has 0 spiro atoms. The summed E-state index contributed by atoms with van der Waals surface area (Å²) in [5.41, 5.74) is 1.16. The van der Waals surface area contributed by atoms with Crippen LogP contribution in [0.25, 0.3) is 0 Å². The van der Waals surface area contributed by atoms with Gasteiger partial charge in [0.25, 0.3) is 0 Å². The first-order valence-corrected chi connectivity index (χ1v) is 6.64. The summed E-state index contributed by atoms with van der Waals surface area (Å²) < 4.78 is 0. The molecule has 96 valence electrons. The Bertz CT molecular complexity index is 399. The molecule has 0 bridgehead atoms. The second-order valence-corrected chi connectivity index (χ2v) is 4.97. The Kier molecular flexibility index (Phi) is 4.74. The molecule has 1 aliphatic carbocycles. The van der Waals surface area contributed by atoms with Gasteiger partial charge in [0.15, 0.2) is 0 Å². The highest BCUT2D eigenvalue weighted by molar-refractivity contribution is 5.20. The zero-order valence-electron chi connectivity index (χ0n) is 10.5. The fourth-order valence-electron chi connectivity index (χ4n) is 2.78. The highest BCUT2D eigenvalue weighted by atomic mass is 16.3. The van der Waals surface area contributed by atoms with Gasteiger partial charge < -0.3 is 10.4 Å². The van der Waals surface area contributed by atoms with Gasteiger partial charge in [-0.1, -0.05) is 36.8 Å². The molecule has 3 atom stereocenters. The van der Waals surface area contributed by atoms with Crippen LogP contribution in [0.2, 0.25) is 0 Å². The minimum absolute atomic E-state index is 0.0772. The minimum atomic E-state index is 0.0772. The quantitative estimate of drug-likeness (QED) is 0.836. The van der Waals surface area contributed by atoms with Crippen molar-refractivity contribution in [2.45, 2.75) is 37.8 Å². The van der Waals surface area contributed by atoms with Crippen molar-refractivity contribution in [3.05, 3.63) is 35.9 Å². The van der Waals surface area contributed by atoms with Gasteiger partial charge in [0.2, 0.25) is 0 Å². The third-order valence-electron chi connectivity index (χ3n) is 3.81. The molecule has 0 aliphatic heterocycles.